The summed E-state index contributed by atoms with van der Waals surface area (Å²) in [6.07, 6.45) is 5.03. The average molecular weight is 270 g/mol. The topological polar surface area (TPSA) is 17.1 Å². The number of allylic oxidation sites excluding steroid dienone is 1. The lowest BCUT2D eigenvalue weighted by Gasteiger charge is -2.21. The summed E-state index contributed by atoms with van der Waals surface area (Å²) in [6, 6.07) is 12.6. The van der Waals surface area contributed by atoms with Gasteiger partial charge in [0, 0.05) is 25.0 Å². The van der Waals surface area contributed by atoms with Crippen LogP contribution in [0.3, 0.4) is 0 Å². The molecule has 1 aliphatic heterocycles. The van der Waals surface area contributed by atoms with E-state index in [2.05, 4.69) is 43.3 Å². The summed E-state index contributed by atoms with van der Waals surface area (Å²) < 4.78 is 13.3. The van der Waals surface area contributed by atoms with Crippen molar-refractivity contribution >= 4 is 31.2 Å². The minimum atomic E-state index is -2.04. The summed E-state index contributed by atoms with van der Waals surface area (Å²) in [7, 11) is -2.04. The SMILES string of the molecule is CCC1=S(=O)(CC)c2cc3ccccc3cc2C=C1. The minimum absolute atomic E-state index is 0.686. The highest BCUT2D eigenvalue weighted by Crippen LogP contribution is 2.30. The summed E-state index contributed by atoms with van der Waals surface area (Å²) in [4.78, 5) is 2.10. The van der Waals surface area contributed by atoms with Gasteiger partial charge < -0.3 is 0 Å². The molecule has 3 rings (SSSR count). The van der Waals surface area contributed by atoms with Crippen molar-refractivity contribution in [3.05, 3.63) is 48.0 Å². The van der Waals surface area contributed by atoms with Gasteiger partial charge in [0.1, 0.15) is 0 Å². The highest BCUT2D eigenvalue weighted by atomic mass is 32.2. The molecule has 0 aliphatic carbocycles. The third-order valence-electron chi connectivity index (χ3n) is 3.86. The quantitative estimate of drug-likeness (QED) is 0.750. The van der Waals surface area contributed by atoms with Crippen molar-refractivity contribution < 1.29 is 4.21 Å². The molecule has 0 saturated heterocycles. The van der Waals surface area contributed by atoms with E-state index in [4.69, 9.17) is 0 Å². The molecule has 1 unspecified atom stereocenters. The standard InChI is InChI=1S/C17H18OS/c1-3-16-10-9-15-11-13-7-5-6-8-14(13)12-17(15)19(16,18)4-2/h5-12H,3-4H2,1-2H3. The number of rotatable bonds is 2. The first-order chi connectivity index (χ1) is 9.19. The number of hydrogen-bond donors (Lipinski definition) is 0. The molecule has 2 heteroatoms. The smallest absolute Gasteiger partial charge is 0.0392 e. The summed E-state index contributed by atoms with van der Waals surface area (Å²) in [6.45, 7) is 4.11. The van der Waals surface area contributed by atoms with Crippen molar-refractivity contribution in [1.29, 1.82) is 0 Å². The molecule has 0 radical (unpaired) electrons. The molecule has 1 heterocycles. The molecule has 0 saturated carbocycles. The van der Waals surface area contributed by atoms with Crippen LogP contribution in [0.5, 0.6) is 0 Å². The molecule has 1 aliphatic rings. The van der Waals surface area contributed by atoms with E-state index in [0.717, 1.165) is 21.7 Å². The number of hydrogen-bond acceptors (Lipinski definition) is 1. The Labute approximate surface area is 115 Å². The largest absolute Gasteiger partial charge is 0.262 e. The second-order valence-electron chi connectivity index (χ2n) is 4.85. The fraction of sp³-hybridized carbons (Fsp3) is 0.235. The fourth-order valence-corrected chi connectivity index (χ4v) is 5.32. The van der Waals surface area contributed by atoms with Gasteiger partial charge in [-0.05, 0) is 34.9 Å². The highest BCUT2D eigenvalue weighted by Gasteiger charge is 2.20. The van der Waals surface area contributed by atoms with Gasteiger partial charge >= 0.3 is 0 Å². The molecule has 0 bridgehead atoms. The van der Waals surface area contributed by atoms with E-state index in [1.54, 1.807) is 0 Å². The summed E-state index contributed by atoms with van der Waals surface area (Å²) >= 11 is 0. The molecule has 0 amide bonds. The molecule has 0 fully saturated rings. The van der Waals surface area contributed by atoms with E-state index in [0.29, 0.717) is 5.75 Å². The van der Waals surface area contributed by atoms with Crippen molar-refractivity contribution in [1.82, 2.24) is 0 Å². The lowest BCUT2D eigenvalue weighted by Crippen LogP contribution is -2.18. The minimum Gasteiger partial charge on any atom is -0.262 e. The predicted molar refractivity (Wildman–Crippen MR) is 85.2 cm³/mol. The molecule has 0 aromatic heterocycles. The first-order valence-electron chi connectivity index (χ1n) is 6.77. The maximum Gasteiger partial charge on any atom is 0.0392 e. The molecular weight excluding hydrogens is 252 g/mol. The van der Waals surface area contributed by atoms with Crippen LogP contribution < -0.4 is 0 Å². The van der Waals surface area contributed by atoms with Gasteiger partial charge in [0.25, 0.3) is 0 Å². The van der Waals surface area contributed by atoms with Crippen LogP contribution in [-0.2, 0) is 9.52 Å². The Balaban J connectivity index is 2.41. The van der Waals surface area contributed by atoms with Gasteiger partial charge in [-0.15, -0.1) is 0 Å². The van der Waals surface area contributed by atoms with Crippen LogP contribution in [0.4, 0.5) is 0 Å². The molecule has 1 atom stereocenters. The van der Waals surface area contributed by atoms with E-state index in [-0.39, 0.29) is 0 Å². The molecule has 2 aromatic rings. The highest BCUT2D eigenvalue weighted by molar-refractivity contribution is 8.02. The summed E-state index contributed by atoms with van der Waals surface area (Å²) in [5, 5.41) is 2.39. The number of benzene rings is 2. The van der Waals surface area contributed by atoms with Crippen molar-refractivity contribution in [3.63, 3.8) is 0 Å². The third-order valence-corrected chi connectivity index (χ3v) is 7.01. The maximum absolute atomic E-state index is 13.3. The van der Waals surface area contributed by atoms with Gasteiger partial charge in [0.2, 0.25) is 0 Å². The second kappa shape index (κ2) is 4.53. The lowest BCUT2D eigenvalue weighted by molar-refractivity contribution is 0.681. The van der Waals surface area contributed by atoms with E-state index in [1.165, 1.54) is 10.8 Å². The van der Waals surface area contributed by atoms with Gasteiger partial charge in [-0.2, -0.15) is 0 Å². The zero-order valence-electron chi connectivity index (χ0n) is 11.3. The van der Waals surface area contributed by atoms with Crippen molar-refractivity contribution in [2.45, 2.75) is 25.2 Å². The molecule has 2 aromatic carbocycles. The Morgan fingerprint density at radius 3 is 2.32 bits per heavy atom. The third kappa shape index (κ3) is 1.82. The van der Waals surface area contributed by atoms with Gasteiger partial charge in [-0.25, -0.2) is 0 Å². The van der Waals surface area contributed by atoms with Crippen molar-refractivity contribution in [2.24, 2.45) is 0 Å². The predicted octanol–water partition coefficient (Wildman–Crippen LogP) is 4.11. The summed E-state index contributed by atoms with van der Waals surface area (Å²) in [5.74, 6) is 0.686. The monoisotopic (exact) mass is 270 g/mol. The molecular formula is C17H18OS. The van der Waals surface area contributed by atoms with E-state index < -0.39 is 9.52 Å². The molecule has 0 N–H and O–H groups in total. The molecule has 0 spiro atoms. The Morgan fingerprint density at radius 2 is 1.68 bits per heavy atom. The fourth-order valence-electron chi connectivity index (χ4n) is 2.78. The van der Waals surface area contributed by atoms with Crippen LogP contribution in [0.15, 0.2) is 47.4 Å². The Morgan fingerprint density at radius 1 is 1.00 bits per heavy atom. The second-order valence-corrected chi connectivity index (χ2v) is 7.75. The Kier molecular flexibility index (Phi) is 2.98. The average Bonchev–Trinajstić information content (AvgIpc) is 2.46. The van der Waals surface area contributed by atoms with Crippen LogP contribution >= 0.6 is 0 Å². The number of fused-ring (bicyclic) bond motifs is 2. The van der Waals surface area contributed by atoms with Crippen LogP contribution in [0, 0.1) is 0 Å². The van der Waals surface area contributed by atoms with Gasteiger partial charge in [0.15, 0.2) is 0 Å². The normalized spacial score (nSPS) is 21.7. The molecule has 1 nitrogen and oxygen atoms in total. The Hall–Kier alpha value is -1.54. The first kappa shape index (κ1) is 12.5. The van der Waals surface area contributed by atoms with E-state index in [1.807, 2.05) is 19.1 Å². The van der Waals surface area contributed by atoms with Gasteiger partial charge in [-0.3, -0.25) is 4.21 Å². The Bertz CT molecular complexity index is 790. The lowest BCUT2D eigenvalue weighted by atomic mass is 10.1. The zero-order valence-corrected chi connectivity index (χ0v) is 12.2. The maximum atomic E-state index is 13.3. The van der Waals surface area contributed by atoms with Gasteiger partial charge in [-0.1, -0.05) is 50.3 Å². The first-order valence-corrected chi connectivity index (χ1v) is 8.50. The van der Waals surface area contributed by atoms with Crippen LogP contribution in [-0.4, -0.2) is 14.8 Å². The van der Waals surface area contributed by atoms with E-state index in [9.17, 15) is 4.21 Å². The molecule has 19 heavy (non-hydrogen) atoms. The van der Waals surface area contributed by atoms with Crippen LogP contribution in [0.2, 0.25) is 0 Å². The van der Waals surface area contributed by atoms with Crippen molar-refractivity contribution in [2.75, 3.05) is 5.75 Å². The van der Waals surface area contributed by atoms with Gasteiger partial charge in [0.05, 0.1) is 0 Å². The van der Waals surface area contributed by atoms with E-state index >= 15 is 0 Å². The van der Waals surface area contributed by atoms with Crippen molar-refractivity contribution in [3.8, 4) is 0 Å². The summed E-state index contributed by atoms with van der Waals surface area (Å²) in [5.41, 5.74) is 1.11. The zero-order chi connectivity index (χ0) is 13.5. The molecule has 98 valence electrons. The van der Waals surface area contributed by atoms with Crippen LogP contribution in [0.1, 0.15) is 25.8 Å². The van der Waals surface area contributed by atoms with Crippen LogP contribution in [0.25, 0.3) is 16.8 Å².